The fraction of sp³-hybridized carbons (Fsp3) is 0.538. The van der Waals surface area contributed by atoms with Crippen molar-refractivity contribution < 1.29 is 13.3 Å². The first kappa shape index (κ1) is 14.9. The quantitative estimate of drug-likeness (QED) is 0.632. The van der Waals surface area contributed by atoms with Crippen molar-refractivity contribution in [2.24, 2.45) is 0 Å². The van der Waals surface area contributed by atoms with Gasteiger partial charge in [-0.05, 0) is 25.3 Å². The third-order valence-electron chi connectivity index (χ3n) is 3.69. The van der Waals surface area contributed by atoms with Gasteiger partial charge in [-0.15, -0.1) is 0 Å². The summed E-state index contributed by atoms with van der Waals surface area (Å²) >= 11 is 0. The maximum atomic E-state index is 12.7. The smallest absolute Gasteiger partial charge is 0.258 e. The zero-order chi connectivity index (χ0) is 14.8. The SMILES string of the molecule is CC[C@H]1CCCCN1S(=O)(=O)c1ccccc1[N+](=O)[O-]. The Balaban J connectivity index is 2.47. The Bertz CT molecular complexity index is 600. The molecule has 0 unspecified atom stereocenters. The largest absolute Gasteiger partial charge is 0.289 e. The molecule has 0 N–H and O–H groups in total. The van der Waals surface area contributed by atoms with Crippen LogP contribution in [0, 0.1) is 10.1 Å². The van der Waals surface area contributed by atoms with E-state index in [9.17, 15) is 18.5 Å². The van der Waals surface area contributed by atoms with Crippen molar-refractivity contribution in [2.45, 2.75) is 43.5 Å². The van der Waals surface area contributed by atoms with Crippen molar-refractivity contribution >= 4 is 15.7 Å². The summed E-state index contributed by atoms with van der Waals surface area (Å²) in [5.74, 6) is 0. The average molecular weight is 298 g/mol. The zero-order valence-electron chi connectivity index (χ0n) is 11.4. The van der Waals surface area contributed by atoms with Crippen LogP contribution in [0.15, 0.2) is 29.2 Å². The molecule has 7 heteroatoms. The van der Waals surface area contributed by atoms with Gasteiger partial charge in [-0.1, -0.05) is 25.5 Å². The van der Waals surface area contributed by atoms with E-state index >= 15 is 0 Å². The monoisotopic (exact) mass is 298 g/mol. The van der Waals surface area contributed by atoms with Gasteiger partial charge in [-0.3, -0.25) is 10.1 Å². The highest BCUT2D eigenvalue weighted by Gasteiger charge is 2.36. The van der Waals surface area contributed by atoms with Crippen LogP contribution in [0.25, 0.3) is 0 Å². The molecule has 1 atom stereocenters. The predicted molar refractivity (Wildman–Crippen MR) is 74.9 cm³/mol. The van der Waals surface area contributed by atoms with E-state index < -0.39 is 14.9 Å². The van der Waals surface area contributed by atoms with Gasteiger partial charge in [-0.2, -0.15) is 4.31 Å². The van der Waals surface area contributed by atoms with Gasteiger partial charge < -0.3 is 0 Å². The molecular formula is C13H18N2O4S. The summed E-state index contributed by atoms with van der Waals surface area (Å²) in [5, 5.41) is 11.0. The minimum atomic E-state index is -3.81. The number of rotatable bonds is 4. The summed E-state index contributed by atoms with van der Waals surface area (Å²) in [4.78, 5) is 10.2. The minimum Gasteiger partial charge on any atom is -0.258 e. The number of hydrogen-bond donors (Lipinski definition) is 0. The lowest BCUT2D eigenvalue weighted by atomic mass is 10.0. The van der Waals surface area contributed by atoms with Crippen LogP contribution in [0.5, 0.6) is 0 Å². The Kier molecular flexibility index (Phi) is 4.39. The molecule has 1 saturated heterocycles. The van der Waals surface area contributed by atoms with Crippen LogP contribution in [-0.2, 0) is 10.0 Å². The Morgan fingerprint density at radius 2 is 2.05 bits per heavy atom. The molecule has 110 valence electrons. The van der Waals surface area contributed by atoms with Crippen molar-refractivity contribution in [1.29, 1.82) is 0 Å². The molecule has 1 aliphatic heterocycles. The molecule has 0 amide bonds. The standard InChI is InChI=1S/C13H18N2O4S/c1-2-11-7-5-6-10-14(11)20(18,19)13-9-4-3-8-12(13)15(16)17/h3-4,8-9,11H,2,5-7,10H2,1H3/t11-/m0/s1. The molecule has 1 aliphatic rings. The van der Waals surface area contributed by atoms with Gasteiger partial charge in [0.1, 0.15) is 0 Å². The maximum Gasteiger partial charge on any atom is 0.289 e. The van der Waals surface area contributed by atoms with Crippen molar-refractivity contribution in [3.05, 3.63) is 34.4 Å². The number of nitro benzene ring substituents is 1. The number of benzene rings is 1. The number of nitro groups is 1. The van der Waals surface area contributed by atoms with E-state index in [0.29, 0.717) is 6.54 Å². The Morgan fingerprint density at radius 3 is 2.70 bits per heavy atom. The molecule has 6 nitrogen and oxygen atoms in total. The lowest BCUT2D eigenvalue weighted by Gasteiger charge is -2.33. The molecule has 2 rings (SSSR count). The number of para-hydroxylation sites is 1. The van der Waals surface area contributed by atoms with Crippen LogP contribution in [0.1, 0.15) is 32.6 Å². The second kappa shape index (κ2) is 5.88. The molecule has 1 heterocycles. The molecular weight excluding hydrogens is 280 g/mol. The van der Waals surface area contributed by atoms with E-state index in [1.54, 1.807) is 0 Å². The van der Waals surface area contributed by atoms with Gasteiger partial charge in [0, 0.05) is 18.7 Å². The van der Waals surface area contributed by atoms with Gasteiger partial charge in [-0.25, -0.2) is 8.42 Å². The highest BCUT2D eigenvalue weighted by Crippen LogP contribution is 2.31. The van der Waals surface area contributed by atoms with Crippen LogP contribution < -0.4 is 0 Å². The molecule has 0 aliphatic carbocycles. The Morgan fingerprint density at radius 1 is 1.35 bits per heavy atom. The first-order chi connectivity index (χ1) is 9.48. The molecule has 1 aromatic carbocycles. The van der Waals surface area contributed by atoms with E-state index in [1.807, 2.05) is 6.92 Å². The van der Waals surface area contributed by atoms with Gasteiger partial charge in [0.15, 0.2) is 4.90 Å². The molecule has 0 spiro atoms. The first-order valence-electron chi connectivity index (χ1n) is 6.73. The topological polar surface area (TPSA) is 80.5 Å². The van der Waals surface area contributed by atoms with Crippen LogP contribution in [0.4, 0.5) is 5.69 Å². The minimum absolute atomic E-state index is 0.0615. The van der Waals surface area contributed by atoms with Crippen molar-refractivity contribution in [3.63, 3.8) is 0 Å². The molecule has 0 aromatic heterocycles. The molecule has 0 bridgehead atoms. The summed E-state index contributed by atoms with van der Waals surface area (Å²) in [6, 6.07) is 5.48. The molecule has 0 radical (unpaired) electrons. The first-order valence-corrected chi connectivity index (χ1v) is 8.17. The predicted octanol–water partition coefficient (Wildman–Crippen LogP) is 2.55. The van der Waals surface area contributed by atoms with Crippen LogP contribution >= 0.6 is 0 Å². The van der Waals surface area contributed by atoms with Crippen molar-refractivity contribution in [2.75, 3.05) is 6.54 Å². The van der Waals surface area contributed by atoms with E-state index in [4.69, 9.17) is 0 Å². The lowest BCUT2D eigenvalue weighted by molar-refractivity contribution is -0.387. The Labute approximate surface area is 118 Å². The maximum absolute atomic E-state index is 12.7. The van der Waals surface area contributed by atoms with E-state index in [0.717, 1.165) is 25.7 Å². The lowest BCUT2D eigenvalue weighted by Crippen LogP contribution is -2.43. The summed E-state index contributed by atoms with van der Waals surface area (Å²) < 4.78 is 26.8. The van der Waals surface area contributed by atoms with E-state index in [-0.39, 0.29) is 16.6 Å². The number of hydrogen-bond acceptors (Lipinski definition) is 4. The van der Waals surface area contributed by atoms with Gasteiger partial charge in [0.25, 0.3) is 5.69 Å². The van der Waals surface area contributed by atoms with Crippen molar-refractivity contribution in [3.8, 4) is 0 Å². The summed E-state index contributed by atoms with van der Waals surface area (Å²) in [5.41, 5.74) is -0.354. The summed E-state index contributed by atoms with van der Waals surface area (Å²) in [7, 11) is -3.81. The molecule has 1 fully saturated rings. The van der Waals surface area contributed by atoms with E-state index in [2.05, 4.69) is 0 Å². The Hall–Kier alpha value is -1.47. The highest BCUT2D eigenvalue weighted by molar-refractivity contribution is 7.89. The number of piperidine rings is 1. The van der Waals surface area contributed by atoms with Crippen LogP contribution in [0.3, 0.4) is 0 Å². The molecule has 0 saturated carbocycles. The molecule has 1 aromatic rings. The average Bonchev–Trinajstić information content (AvgIpc) is 2.47. The number of sulfonamides is 1. The van der Waals surface area contributed by atoms with E-state index in [1.165, 1.54) is 28.6 Å². The summed E-state index contributed by atoms with van der Waals surface area (Å²) in [6.45, 7) is 2.38. The molecule has 20 heavy (non-hydrogen) atoms. The van der Waals surface area contributed by atoms with Gasteiger partial charge in [0.05, 0.1) is 4.92 Å². The highest BCUT2D eigenvalue weighted by atomic mass is 32.2. The second-order valence-corrected chi connectivity index (χ2v) is 6.76. The van der Waals surface area contributed by atoms with Crippen LogP contribution in [0.2, 0.25) is 0 Å². The zero-order valence-corrected chi connectivity index (χ0v) is 12.2. The third kappa shape index (κ3) is 2.69. The fourth-order valence-corrected chi connectivity index (χ4v) is 4.58. The van der Waals surface area contributed by atoms with Gasteiger partial charge >= 0.3 is 0 Å². The third-order valence-corrected chi connectivity index (χ3v) is 5.69. The second-order valence-electron chi connectivity index (χ2n) is 4.90. The summed E-state index contributed by atoms with van der Waals surface area (Å²) in [6.07, 6.45) is 3.34. The van der Waals surface area contributed by atoms with Crippen molar-refractivity contribution in [1.82, 2.24) is 4.31 Å². The number of nitrogens with zero attached hydrogens (tertiary/aromatic N) is 2. The van der Waals surface area contributed by atoms with Crippen LogP contribution in [-0.4, -0.2) is 30.2 Å². The fourth-order valence-electron chi connectivity index (χ4n) is 2.65. The van der Waals surface area contributed by atoms with Gasteiger partial charge in [0.2, 0.25) is 10.0 Å². The normalized spacial score (nSPS) is 20.8.